The summed E-state index contributed by atoms with van der Waals surface area (Å²) < 4.78 is 0. The van der Waals surface area contributed by atoms with Crippen molar-refractivity contribution in [3.8, 4) is 0 Å². The molecule has 106 valence electrons. The first-order valence-corrected chi connectivity index (χ1v) is 7.50. The third-order valence-corrected chi connectivity index (χ3v) is 3.55. The summed E-state index contributed by atoms with van der Waals surface area (Å²) in [5.41, 5.74) is 5.54. The van der Waals surface area contributed by atoms with Crippen LogP contribution in [0.3, 0.4) is 0 Å². The summed E-state index contributed by atoms with van der Waals surface area (Å²) in [7, 11) is 0. The molecule has 3 rings (SSSR count). The molecule has 2 nitrogen and oxygen atoms in total. The number of benzene rings is 2. The van der Waals surface area contributed by atoms with Crippen molar-refractivity contribution < 1.29 is 0 Å². The third-order valence-electron chi connectivity index (χ3n) is 3.55. The zero-order valence-corrected chi connectivity index (χ0v) is 12.6. The van der Waals surface area contributed by atoms with E-state index in [0.717, 1.165) is 28.9 Å². The van der Waals surface area contributed by atoms with Crippen LogP contribution in [0.5, 0.6) is 0 Å². The maximum atomic E-state index is 4.86. The molecule has 2 aromatic carbocycles. The summed E-state index contributed by atoms with van der Waals surface area (Å²) in [6, 6.07) is 18.7. The van der Waals surface area contributed by atoms with E-state index >= 15 is 0 Å². The van der Waals surface area contributed by atoms with E-state index in [1.807, 2.05) is 12.1 Å². The van der Waals surface area contributed by atoms with Crippen LogP contribution < -0.4 is 0 Å². The summed E-state index contributed by atoms with van der Waals surface area (Å²) in [6.07, 6.45) is 1.000. The molecule has 2 aromatic rings. The predicted octanol–water partition coefficient (Wildman–Crippen LogP) is 4.66. The average Bonchev–Trinajstić information content (AvgIpc) is 2.66. The van der Waals surface area contributed by atoms with Gasteiger partial charge < -0.3 is 0 Å². The van der Waals surface area contributed by atoms with Crippen LogP contribution >= 0.6 is 0 Å². The third kappa shape index (κ3) is 3.10. The highest BCUT2D eigenvalue weighted by Gasteiger charge is 2.15. The van der Waals surface area contributed by atoms with E-state index in [4.69, 9.17) is 9.98 Å². The second-order valence-electron chi connectivity index (χ2n) is 5.82. The van der Waals surface area contributed by atoms with Gasteiger partial charge in [0.15, 0.2) is 0 Å². The Morgan fingerprint density at radius 1 is 0.952 bits per heavy atom. The molecule has 0 saturated heterocycles. The van der Waals surface area contributed by atoms with E-state index in [1.54, 1.807) is 0 Å². The van der Waals surface area contributed by atoms with Crippen molar-refractivity contribution in [2.45, 2.75) is 20.3 Å². The van der Waals surface area contributed by atoms with Crippen LogP contribution in [0.4, 0.5) is 5.69 Å². The van der Waals surface area contributed by atoms with Crippen LogP contribution in [0.2, 0.25) is 0 Å². The maximum absolute atomic E-state index is 4.86. The van der Waals surface area contributed by atoms with Crippen LogP contribution in [0, 0.1) is 5.92 Å². The lowest BCUT2D eigenvalue weighted by Crippen LogP contribution is -2.08. The van der Waals surface area contributed by atoms with Gasteiger partial charge in [-0.05, 0) is 18.4 Å². The van der Waals surface area contributed by atoms with E-state index in [0.29, 0.717) is 12.5 Å². The summed E-state index contributed by atoms with van der Waals surface area (Å²) in [5.74, 6) is 0.601. The second-order valence-corrected chi connectivity index (χ2v) is 5.82. The molecule has 1 heterocycles. The van der Waals surface area contributed by atoms with Gasteiger partial charge in [0.2, 0.25) is 0 Å². The largest absolute Gasteiger partial charge is 0.278 e. The first-order chi connectivity index (χ1) is 10.2. The molecule has 0 atom stereocenters. The molecule has 0 N–H and O–H groups in total. The molecule has 0 aromatic heterocycles. The first kappa shape index (κ1) is 13.7. The molecule has 0 fully saturated rings. The molecular weight excluding hydrogens is 256 g/mol. The van der Waals surface area contributed by atoms with Crippen molar-refractivity contribution in [3.63, 3.8) is 0 Å². The van der Waals surface area contributed by atoms with E-state index in [1.165, 1.54) is 5.71 Å². The van der Waals surface area contributed by atoms with Gasteiger partial charge in [0.1, 0.15) is 0 Å². The van der Waals surface area contributed by atoms with Crippen molar-refractivity contribution in [1.82, 2.24) is 0 Å². The van der Waals surface area contributed by atoms with Gasteiger partial charge in [-0.3, -0.25) is 9.98 Å². The van der Waals surface area contributed by atoms with Gasteiger partial charge >= 0.3 is 0 Å². The molecule has 1 aliphatic rings. The topological polar surface area (TPSA) is 24.7 Å². The first-order valence-electron chi connectivity index (χ1n) is 7.50. The standard InChI is InChI=1S/C19H20N2/c1-14(2)12-16-13-20-19(15-8-4-3-5-9-15)17-10-6-7-11-18(17)21-16/h3-11,14H,12-13H2,1-2H3. The number of para-hydroxylation sites is 1. The Morgan fingerprint density at radius 3 is 2.43 bits per heavy atom. The minimum Gasteiger partial charge on any atom is -0.278 e. The average molecular weight is 276 g/mol. The summed E-state index contributed by atoms with van der Waals surface area (Å²) in [5, 5.41) is 0. The minimum atomic E-state index is 0.601. The lowest BCUT2D eigenvalue weighted by molar-refractivity contribution is 0.680. The van der Waals surface area contributed by atoms with Crippen LogP contribution in [0.1, 0.15) is 31.4 Å². The molecular formula is C19H20N2. The number of hydrogen-bond acceptors (Lipinski definition) is 2. The predicted molar refractivity (Wildman–Crippen MR) is 89.9 cm³/mol. The normalized spacial score (nSPS) is 14.2. The Hall–Kier alpha value is -2.22. The van der Waals surface area contributed by atoms with Crippen LogP contribution in [0.25, 0.3) is 0 Å². The Balaban J connectivity index is 2.07. The molecule has 0 saturated carbocycles. The molecule has 2 heteroatoms. The van der Waals surface area contributed by atoms with Gasteiger partial charge in [0, 0.05) is 16.8 Å². The van der Waals surface area contributed by atoms with Gasteiger partial charge in [-0.15, -0.1) is 0 Å². The fourth-order valence-corrected chi connectivity index (χ4v) is 2.66. The second kappa shape index (κ2) is 6.04. The minimum absolute atomic E-state index is 0.601. The molecule has 0 unspecified atom stereocenters. The molecule has 0 radical (unpaired) electrons. The van der Waals surface area contributed by atoms with Gasteiger partial charge in [-0.2, -0.15) is 0 Å². The highest BCUT2D eigenvalue weighted by atomic mass is 14.9. The number of hydrogen-bond donors (Lipinski definition) is 0. The maximum Gasteiger partial charge on any atom is 0.0780 e. The van der Waals surface area contributed by atoms with Crippen molar-refractivity contribution in [1.29, 1.82) is 0 Å². The van der Waals surface area contributed by atoms with Gasteiger partial charge in [-0.1, -0.05) is 62.4 Å². The van der Waals surface area contributed by atoms with Gasteiger partial charge in [0.25, 0.3) is 0 Å². The molecule has 1 aliphatic heterocycles. The van der Waals surface area contributed by atoms with Crippen LogP contribution in [-0.4, -0.2) is 18.0 Å². The lowest BCUT2D eigenvalue weighted by Gasteiger charge is -2.07. The van der Waals surface area contributed by atoms with Crippen LogP contribution in [-0.2, 0) is 0 Å². The monoisotopic (exact) mass is 276 g/mol. The van der Waals surface area contributed by atoms with Crippen molar-refractivity contribution in [3.05, 3.63) is 65.7 Å². The Kier molecular flexibility index (Phi) is 3.96. The van der Waals surface area contributed by atoms with Gasteiger partial charge in [0.05, 0.1) is 17.9 Å². The summed E-state index contributed by atoms with van der Waals surface area (Å²) in [6.45, 7) is 5.14. The van der Waals surface area contributed by atoms with Crippen molar-refractivity contribution in [2.24, 2.45) is 15.9 Å². The summed E-state index contributed by atoms with van der Waals surface area (Å²) in [4.78, 5) is 9.71. The highest BCUT2D eigenvalue weighted by molar-refractivity contribution is 6.17. The molecule has 0 aliphatic carbocycles. The SMILES string of the molecule is CC(C)CC1=Nc2ccccc2C(c2ccccc2)=NC1. The Morgan fingerprint density at radius 2 is 1.67 bits per heavy atom. The number of fused-ring (bicyclic) bond motifs is 1. The van der Waals surface area contributed by atoms with Crippen molar-refractivity contribution in [2.75, 3.05) is 6.54 Å². The van der Waals surface area contributed by atoms with E-state index < -0.39 is 0 Å². The highest BCUT2D eigenvalue weighted by Crippen LogP contribution is 2.26. The molecule has 21 heavy (non-hydrogen) atoms. The summed E-state index contributed by atoms with van der Waals surface area (Å²) >= 11 is 0. The quantitative estimate of drug-likeness (QED) is 0.779. The van der Waals surface area contributed by atoms with Crippen LogP contribution in [0.15, 0.2) is 64.6 Å². The van der Waals surface area contributed by atoms with Crippen molar-refractivity contribution >= 4 is 17.1 Å². The number of rotatable bonds is 3. The number of aliphatic imine (C=N–C) groups is 2. The molecule has 0 spiro atoms. The Bertz CT molecular complexity index is 682. The lowest BCUT2D eigenvalue weighted by atomic mass is 10.0. The molecule has 0 bridgehead atoms. The van der Waals surface area contributed by atoms with E-state index in [2.05, 4.69) is 56.3 Å². The Labute approximate surface area is 126 Å². The zero-order chi connectivity index (χ0) is 14.7. The van der Waals surface area contributed by atoms with Gasteiger partial charge in [-0.25, -0.2) is 0 Å². The smallest absolute Gasteiger partial charge is 0.0780 e. The fraction of sp³-hybridized carbons (Fsp3) is 0.263. The number of nitrogens with zero attached hydrogens (tertiary/aromatic N) is 2. The fourth-order valence-electron chi connectivity index (χ4n) is 2.66. The van der Waals surface area contributed by atoms with E-state index in [9.17, 15) is 0 Å². The zero-order valence-electron chi connectivity index (χ0n) is 12.6. The molecule has 0 amide bonds. The van der Waals surface area contributed by atoms with E-state index in [-0.39, 0.29) is 0 Å².